The molecule has 0 spiro atoms. The van der Waals surface area contributed by atoms with Crippen molar-refractivity contribution in [1.29, 1.82) is 0 Å². The van der Waals surface area contributed by atoms with Gasteiger partial charge in [0.1, 0.15) is 10.7 Å². The predicted molar refractivity (Wildman–Crippen MR) is 103 cm³/mol. The standard InChI is InChI=1S/C17H17Cl2N3O4S/c1-11-2-3-16(20-10-11)21-17(23)12-8-15(14(19)9-13(12)18)27(24,25)22-4-6-26-7-5-22/h2-3,8-10H,4-7H2,1H3,(H,20,21,23). The number of rotatable bonds is 4. The van der Waals surface area contributed by atoms with Gasteiger partial charge in [0.25, 0.3) is 5.91 Å². The van der Waals surface area contributed by atoms with Crippen molar-refractivity contribution < 1.29 is 17.9 Å². The van der Waals surface area contributed by atoms with Crippen molar-refractivity contribution in [3.63, 3.8) is 0 Å². The van der Waals surface area contributed by atoms with Crippen LogP contribution in [0.2, 0.25) is 10.0 Å². The fourth-order valence-corrected chi connectivity index (χ4v) is 4.79. The highest BCUT2D eigenvalue weighted by Gasteiger charge is 2.30. The summed E-state index contributed by atoms with van der Waals surface area (Å²) in [7, 11) is -3.88. The summed E-state index contributed by atoms with van der Waals surface area (Å²) in [5, 5.41) is 2.60. The summed E-state index contributed by atoms with van der Waals surface area (Å²) in [6, 6.07) is 5.88. The second kappa shape index (κ2) is 8.12. The van der Waals surface area contributed by atoms with Crippen molar-refractivity contribution in [3.05, 3.63) is 51.6 Å². The van der Waals surface area contributed by atoms with E-state index in [0.29, 0.717) is 19.0 Å². The molecule has 2 aromatic rings. The number of sulfonamides is 1. The van der Waals surface area contributed by atoms with E-state index in [-0.39, 0.29) is 33.6 Å². The van der Waals surface area contributed by atoms with Gasteiger partial charge in [-0.05, 0) is 30.7 Å². The van der Waals surface area contributed by atoms with E-state index < -0.39 is 15.9 Å². The van der Waals surface area contributed by atoms with Gasteiger partial charge in [-0.3, -0.25) is 4.79 Å². The first-order valence-electron chi connectivity index (χ1n) is 8.10. The summed E-state index contributed by atoms with van der Waals surface area (Å²) >= 11 is 12.3. The van der Waals surface area contributed by atoms with Crippen molar-refractivity contribution in [1.82, 2.24) is 9.29 Å². The maximum absolute atomic E-state index is 12.9. The molecule has 7 nitrogen and oxygen atoms in total. The van der Waals surface area contributed by atoms with Gasteiger partial charge >= 0.3 is 0 Å². The van der Waals surface area contributed by atoms with Crippen LogP contribution in [-0.2, 0) is 14.8 Å². The lowest BCUT2D eigenvalue weighted by Gasteiger charge is -2.26. The topological polar surface area (TPSA) is 88.6 Å². The van der Waals surface area contributed by atoms with Crippen LogP contribution in [0.4, 0.5) is 5.82 Å². The number of aromatic nitrogens is 1. The summed E-state index contributed by atoms with van der Waals surface area (Å²) < 4.78 is 32.2. The van der Waals surface area contributed by atoms with Crippen molar-refractivity contribution >= 4 is 45.0 Å². The van der Waals surface area contributed by atoms with Crippen LogP contribution in [0.1, 0.15) is 15.9 Å². The van der Waals surface area contributed by atoms with E-state index in [0.717, 1.165) is 5.56 Å². The summed E-state index contributed by atoms with van der Waals surface area (Å²) in [5.41, 5.74) is 0.937. The third-order valence-corrected chi connectivity index (χ3v) is 6.68. The minimum Gasteiger partial charge on any atom is -0.379 e. The number of carbonyl (C=O) groups excluding carboxylic acids is 1. The number of amides is 1. The number of carbonyl (C=O) groups is 1. The number of anilines is 1. The fourth-order valence-electron chi connectivity index (χ4n) is 2.55. The molecule has 1 saturated heterocycles. The average Bonchev–Trinajstić information content (AvgIpc) is 2.64. The minimum atomic E-state index is -3.88. The Balaban J connectivity index is 1.93. The molecule has 0 atom stereocenters. The van der Waals surface area contributed by atoms with Gasteiger partial charge in [0, 0.05) is 19.3 Å². The number of pyridine rings is 1. The second-order valence-corrected chi connectivity index (χ2v) is 8.67. The van der Waals surface area contributed by atoms with E-state index in [1.807, 2.05) is 6.92 Å². The van der Waals surface area contributed by atoms with Gasteiger partial charge in [0.05, 0.1) is 28.8 Å². The Morgan fingerprint density at radius 3 is 2.52 bits per heavy atom. The highest BCUT2D eigenvalue weighted by Crippen LogP contribution is 2.31. The van der Waals surface area contributed by atoms with Crippen molar-refractivity contribution in [3.8, 4) is 0 Å². The molecule has 10 heteroatoms. The van der Waals surface area contributed by atoms with Gasteiger partial charge < -0.3 is 10.1 Å². The van der Waals surface area contributed by atoms with E-state index >= 15 is 0 Å². The summed E-state index contributed by atoms with van der Waals surface area (Å²) in [6.45, 7) is 2.91. The molecule has 27 heavy (non-hydrogen) atoms. The maximum atomic E-state index is 12.9. The Morgan fingerprint density at radius 2 is 1.89 bits per heavy atom. The number of ether oxygens (including phenoxy) is 1. The first-order valence-corrected chi connectivity index (χ1v) is 10.3. The molecule has 1 aliphatic heterocycles. The zero-order chi connectivity index (χ0) is 19.6. The van der Waals surface area contributed by atoms with Gasteiger partial charge in [-0.15, -0.1) is 0 Å². The van der Waals surface area contributed by atoms with Gasteiger partial charge in [0.2, 0.25) is 10.0 Å². The molecule has 1 aromatic carbocycles. The zero-order valence-electron chi connectivity index (χ0n) is 14.4. The Bertz CT molecular complexity index is 959. The molecular formula is C17H17Cl2N3O4S. The van der Waals surface area contributed by atoms with Crippen molar-refractivity contribution in [2.75, 3.05) is 31.6 Å². The number of benzene rings is 1. The fraction of sp³-hybridized carbons (Fsp3) is 0.294. The van der Waals surface area contributed by atoms with Crippen LogP contribution in [-0.4, -0.2) is 49.9 Å². The smallest absolute Gasteiger partial charge is 0.258 e. The molecule has 0 saturated carbocycles. The molecule has 3 rings (SSSR count). The number of nitrogens with one attached hydrogen (secondary N) is 1. The van der Waals surface area contributed by atoms with Crippen LogP contribution in [0.5, 0.6) is 0 Å². The molecule has 0 aliphatic carbocycles. The summed E-state index contributed by atoms with van der Waals surface area (Å²) in [4.78, 5) is 16.5. The number of nitrogens with zero attached hydrogens (tertiary/aromatic N) is 2. The lowest BCUT2D eigenvalue weighted by Crippen LogP contribution is -2.40. The summed E-state index contributed by atoms with van der Waals surface area (Å²) in [5.74, 6) is -0.249. The van der Waals surface area contributed by atoms with Gasteiger partial charge in [-0.2, -0.15) is 4.31 Å². The van der Waals surface area contributed by atoms with Crippen LogP contribution in [0.25, 0.3) is 0 Å². The van der Waals surface area contributed by atoms with Crippen molar-refractivity contribution in [2.45, 2.75) is 11.8 Å². The van der Waals surface area contributed by atoms with Crippen LogP contribution >= 0.6 is 23.2 Å². The molecule has 144 valence electrons. The second-order valence-electron chi connectivity index (χ2n) is 5.95. The first kappa shape index (κ1) is 20.0. The Hall–Kier alpha value is -1.71. The molecule has 0 radical (unpaired) electrons. The molecule has 0 unspecified atom stereocenters. The lowest BCUT2D eigenvalue weighted by atomic mass is 10.2. The van der Waals surface area contributed by atoms with Gasteiger partial charge in [0.15, 0.2) is 0 Å². The molecule has 1 amide bonds. The van der Waals surface area contributed by atoms with E-state index in [2.05, 4.69) is 10.3 Å². The zero-order valence-corrected chi connectivity index (χ0v) is 16.7. The third kappa shape index (κ3) is 4.41. The number of hydrogen-bond donors (Lipinski definition) is 1. The van der Waals surface area contributed by atoms with E-state index in [1.54, 1.807) is 18.3 Å². The lowest BCUT2D eigenvalue weighted by molar-refractivity contribution is 0.0730. The minimum absolute atomic E-state index is 0.00437. The molecule has 1 fully saturated rings. The van der Waals surface area contributed by atoms with Gasteiger partial charge in [-0.1, -0.05) is 29.3 Å². The van der Waals surface area contributed by atoms with Crippen LogP contribution in [0.15, 0.2) is 35.4 Å². The monoisotopic (exact) mass is 429 g/mol. The number of halogens is 2. The van der Waals surface area contributed by atoms with E-state index in [9.17, 15) is 13.2 Å². The molecule has 1 aliphatic rings. The number of hydrogen-bond acceptors (Lipinski definition) is 5. The number of morpholine rings is 1. The highest BCUT2D eigenvalue weighted by molar-refractivity contribution is 7.89. The molecule has 1 N–H and O–H groups in total. The SMILES string of the molecule is Cc1ccc(NC(=O)c2cc(S(=O)(=O)N3CCOCC3)c(Cl)cc2Cl)nc1. The Kier molecular flexibility index (Phi) is 6.02. The Morgan fingerprint density at radius 1 is 1.19 bits per heavy atom. The Labute approximate surface area is 167 Å². The maximum Gasteiger partial charge on any atom is 0.258 e. The average molecular weight is 430 g/mol. The van der Waals surface area contributed by atoms with Crippen LogP contribution in [0, 0.1) is 6.92 Å². The molecular weight excluding hydrogens is 413 g/mol. The normalized spacial score (nSPS) is 15.5. The number of aryl methyl sites for hydroxylation is 1. The quantitative estimate of drug-likeness (QED) is 0.806. The predicted octanol–water partition coefficient (Wildman–Crippen LogP) is 2.97. The first-order chi connectivity index (χ1) is 12.8. The van der Waals surface area contributed by atoms with Crippen LogP contribution in [0.3, 0.4) is 0 Å². The van der Waals surface area contributed by atoms with Crippen molar-refractivity contribution in [2.24, 2.45) is 0 Å². The molecule has 1 aromatic heterocycles. The summed E-state index contributed by atoms with van der Waals surface area (Å²) in [6.07, 6.45) is 1.60. The van der Waals surface area contributed by atoms with Gasteiger partial charge in [-0.25, -0.2) is 13.4 Å². The largest absolute Gasteiger partial charge is 0.379 e. The highest BCUT2D eigenvalue weighted by atomic mass is 35.5. The van der Waals surface area contributed by atoms with E-state index in [4.69, 9.17) is 27.9 Å². The third-order valence-electron chi connectivity index (χ3n) is 4.01. The molecule has 2 heterocycles. The van der Waals surface area contributed by atoms with E-state index in [1.165, 1.54) is 16.4 Å². The van der Waals surface area contributed by atoms with Crippen LogP contribution < -0.4 is 5.32 Å². The molecule has 0 bridgehead atoms.